The van der Waals surface area contributed by atoms with Gasteiger partial charge in [0.05, 0.1) is 12.6 Å². The minimum Gasteiger partial charge on any atom is -0.364 e. The molecular formula is C14H28Cl2N4O3. The minimum atomic E-state index is -0.325. The van der Waals surface area contributed by atoms with Gasteiger partial charge in [0.1, 0.15) is 6.10 Å². The van der Waals surface area contributed by atoms with E-state index in [4.69, 9.17) is 10.5 Å². The molecule has 2 atom stereocenters. The Morgan fingerprint density at radius 3 is 2.35 bits per heavy atom. The van der Waals surface area contributed by atoms with Crippen molar-refractivity contribution in [2.75, 3.05) is 45.8 Å². The first-order valence-corrected chi connectivity index (χ1v) is 7.77. The highest BCUT2D eigenvalue weighted by Gasteiger charge is 2.34. The van der Waals surface area contributed by atoms with Gasteiger partial charge in [0.15, 0.2) is 0 Å². The van der Waals surface area contributed by atoms with Gasteiger partial charge in [-0.1, -0.05) is 0 Å². The number of piperazine rings is 1. The second-order valence-electron chi connectivity index (χ2n) is 5.61. The van der Waals surface area contributed by atoms with E-state index in [1.54, 1.807) is 0 Å². The maximum atomic E-state index is 12.4. The number of hydrogen-bond acceptors (Lipinski definition) is 5. The molecule has 23 heavy (non-hydrogen) atoms. The van der Waals surface area contributed by atoms with Crippen LogP contribution in [0.1, 0.15) is 19.8 Å². The summed E-state index contributed by atoms with van der Waals surface area (Å²) in [4.78, 5) is 27.8. The van der Waals surface area contributed by atoms with Gasteiger partial charge in [0, 0.05) is 39.3 Å². The summed E-state index contributed by atoms with van der Waals surface area (Å²) in [7, 11) is 0. The lowest BCUT2D eigenvalue weighted by Crippen LogP contribution is -2.53. The normalized spacial score (nSPS) is 24.5. The lowest BCUT2D eigenvalue weighted by Gasteiger charge is -2.35. The molecule has 7 nitrogen and oxygen atoms in total. The highest BCUT2D eigenvalue weighted by molar-refractivity contribution is 5.85. The molecule has 2 aliphatic heterocycles. The number of carbonyl (C=O) groups excluding carboxylic acids is 2. The van der Waals surface area contributed by atoms with E-state index in [9.17, 15) is 9.59 Å². The van der Waals surface area contributed by atoms with Gasteiger partial charge in [-0.25, -0.2) is 0 Å². The average Bonchev–Trinajstić information content (AvgIpc) is 2.96. The molecule has 2 amide bonds. The zero-order valence-corrected chi connectivity index (χ0v) is 15.2. The lowest BCUT2D eigenvalue weighted by molar-refractivity contribution is -0.144. The Morgan fingerprint density at radius 1 is 1.17 bits per heavy atom. The molecule has 2 heterocycles. The molecule has 0 aliphatic carbocycles. The van der Waals surface area contributed by atoms with Crippen molar-refractivity contribution in [3.63, 3.8) is 0 Å². The number of nitrogens with zero attached hydrogens (tertiary/aromatic N) is 2. The van der Waals surface area contributed by atoms with Gasteiger partial charge in [-0.05, 0) is 19.8 Å². The molecule has 0 bridgehead atoms. The molecule has 0 unspecified atom stereocenters. The molecule has 9 heteroatoms. The van der Waals surface area contributed by atoms with E-state index in [1.165, 1.54) is 0 Å². The molecule has 0 radical (unpaired) electrons. The van der Waals surface area contributed by atoms with E-state index in [2.05, 4.69) is 10.2 Å². The number of ether oxygens (including phenoxy) is 1. The summed E-state index contributed by atoms with van der Waals surface area (Å²) in [6.07, 6.45) is 1.33. The Morgan fingerprint density at radius 2 is 1.83 bits per heavy atom. The van der Waals surface area contributed by atoms with Gasteiger partial charge in [0.25, 0.3) is 5.91 Å². The monoisotopic (exact) mass is 370 g/mol. The number of hydrogen-bond donors (Lipinski definition) is 2. The summed E-state index contributed by atoms with van der Waals surface area (Å²) in [5.74, 6) is 0.116. The third-order valence-electron chi connectivity index (χ3n) is 4.07. The third-order valence-corrected chi connectivity index (χ3v) is 4.07. The fraction of sp³-hybridized carbons (Fsp3) is 0.857. The average molecular weight is 371 g/mol. The Bertz CT molecular complexity index is 379. The standard InChI is InChI=1S/C14H26N4O3.2ClH/c1-2-16-13(19)10-17-5-7-18(8-6-17)14(20)12-4-3-11(9-15)21-12;;/h11-12H,2-10,15H2,1H3,(H,16,19);2*1H/t11-,12+;;/m1../s1. The topological polar surface area (TPSA) is 87.9 Å². The lowest BCUT2D eigenvalue weighted by atomic mass is 10.1. The van der Waals surface area contributed by atoms with Crippen LogP contribution in [-0.4, -0.2) is 79.6 Å². The van der Waals surface area contributed by atoms with Crippen LogP contribution < -0.4 is 11.1 Å². The van der Waals surface area contributed by atoms with E-state index in [1.807, 2.05) is 11.8 Å². The predicted molar refractivity (Wildman–Crippen MR) is 93.1 cm³/mol. The molecule has 0 aromatic rings. The van der Waals surface area contributed by atoms with Crippen LogP contribution in [0.15, 0.2) is 0 Å². The van der Waals surface area contributed by atoms with Crippen molar-refractivity contribution >= 4 is 36.6 Å². The summed E-state index contributed by atoms with van der Waals surface area (Å²) in [5.41, 5.74) is 5.57. The second-order valence-corrected chi connectivity index (χ2v) is 5.61. The molecule has 136 valence electrons. The SMILES string of the molecule is CCNC(=O)CN1CCN(C(=O)[C@@H]2CC[C@H](CN)O2)CC1.Cl.Cl. The van der Waals surface area contributed by atoms with Gasteiger partial charge < -0.3 is 20.7 Å². The quantitative estimate of drug-likeness (QED) is 0.688. The van der Waals surface area contributed by atoms with Crippen LogP contribution in [0.3, 0.4) is 0 Å². The van der Waals surface area contributed by atoms with Gasteiger partial charge in [-0.3, -0.25) is 14.5 Å². The van der Waals surface area contributed by atoms with Crippen LogP contribution >= 0.6 is 24.8 Å². The molecule has 2 aliphatic rings. The van der Waals surface area contributed by atoms with Crippen molar-refractivity contribution in [1.82, 2.24) is 15.1 Å². The van der Waals surface area contributed by atoms with E-state index in [0.29, 0.717) is 32.7 Å². The molecule has 2 rings (SSSR count). The molecule has 0 aromatic heterocycles. The van der Waals surface area contributed by atoms with Crippen LogP contribution in [0.2, 0.25) is 0 Å². The molecular weight excluding hydrogens is 343 g/mol. The first-order chi connectivity index (χ1) is 10.1. The summed E-state index contributed by atoms with van der Waals surface area (Å²) in [6, 6.07) is 0. The maximum Gasteiger partial charge on any atom is 0.251 e. The molecule has 0 saturated carbocycles. The number of likely N-dealkylation sites (N-methyl/N-ethyl adjacent to an activating group) is 1. The molecule has 3 N–H and O–H groups in total. The van der Waals surface area contributed by atoms with Crippen molar-refractivity contribution in [2.24, 2.45) is 5.73 Å². The smallest absolute Gasteiger partial charge is 0.251 e. The highest BCUT2D eigenvalue weighted by Crippen LogP contribution is 2.21. The molecule has 0 spiro atoms. The molecule has 2 fully saturated rings. The highest BCUT2D eigenvalue weighted by atomic mass is 35.5. The fourth-order valence-corrected chi connectivity index (χ4v) is 2.85. The van der Waals surface area contributed by atoms with E-state index >= 15 is 0 Å². The van der Waals surface area contributed by atoms with Gasteiger partial charge >= 0.3 is 0 Å². The summed E-state index contributed by atoms with van der Waals surface area (Å²) < 4.78 is 5.66. The fourth-order valence-electron chi connectivity index (χ4n) is 2.85. The van der Waals surface area contributed by atoms with E-state index in [0.717, 1.165) is 25.9 Å². The summed E-state index contributed by atoms with van der Waals surface area (Å²) in [6.45, 7) is 6.22. The van der Waals surface area contributed by atoms with Crippen LogP contribution in [0.5, 0.6) is 0 Å². The first kappa shape index (κ1) is 22.4. The largest absolute Gasteiger partial charge is 0.364 e. The van der Waals surface area contributed by atoms with E-state index < -0.39 is 0 Å². The van der Waals surface area contributed by atoms with Crippen LogP contribution in [0.4, 0.5) is 0 Å². The van der Waals surface area contributed by atoms with Crippen molar-refractivity contribution in [2.45, 2.75) is 32.0 Å². The first-order valence-electron chi connectivity index (χ1n) is 7.77. The van der Waals surface area contributed by atoms with Crippen molar-refractivity contribution in [3.05, 3.63) is 0 Å². The second kappa shape index (κ2) is 11.0. The predicted octanol–water partition coefficient (Wildman–Crippen LogP) is -0.383. The Labute approximate surface area is 150 Å². The zero-order chi connectivity index (χ0) is 15.2. The van der Waals surface area contributed by atoms with Crippen molar-refractivity contribution < 1.29 is 14.3 Å². The number of rotatable bonds is 5. The minimum absolute atomic E-state index is 0. The number of halogens is 2. The van der Waals surface area contributed by atoms with Gasteiger partial charge in [-0.2, -0.15) is 0 Å². The van der Waals surface area contributed by atoms with Gasteiger partial charge in [-0.15, -0.1) is 24.8 Å². The molecule has 0 aromatic carbocycles. The molecule has 2 saturated heterocycles. The Balaban J connectivity index is 0.00000242. The van der Waals surface area contributed by atoms with Crippen molar-refractivity contribution in [3.8, 4) is 0 Å². The van der Waals surface area contributed by atoms with E-state index in [-0.39, 0.29) is 48.8 Å². The van der Waals surface area contributed by atoms with Crippen molar-refractivity contribution in [1.29, 1.82) is 0 Å². The number of nitrogens with one attached hydrogen (secondary N) is 1. The maximum absolute atomic E-state index is 12.4. The van der Waals surface area contributed by atoms with Crippen LogP contribution in [-0.2, 0) is 14.3 Å². The summed E-state index contributed by atoms with van der Waals surface area (Å²) >= 11 is 0. The van der Waals surface area contributed by atoms with Gasteiger partial charge in [0.2, 0.25) is 5.91 Å². The Hall–Kier alpha value is -0.600. The third kappa shape index (κ3) is 6.43. The number of nitrogens with two attached hydrogens (primary N) is 1. The number of amides is 2. The van der Waals surface area contributed by atoms with Crippen LogP contribution in [0.25, 0.3) is 0 Å². The summed E-state index contributed by atoms with van der Waals surface area (Å²) in [5, 5.41) is 2.79. The number of carbonyl (C=O) groups is 2. The van der Waals surface area contributed by atoms with Crippen LogP contribution in [0, 0.1) is 0 Å². The Kier molecular flexibility index (Phi) is 10.8. The zero-order valence-electron chi connectivity index (χ0n) is 13.5.